The Labute approximate surface area is 68.4 Å². The molecule has 5 heteroatoms. The predicted octanol–water partition coefficient (Wildman–Crippen LogP) is 1.11. The van der Waals surface area contributed by atoms with Crippen LogP contribution in [0.2, 0.25) is 0 Å². The van der Waals surface area contributed by atoms with Gasteiger partial charge in [0, 0.05) is 6.07 Å². The molecule has 0 aromatic heterocycles. The predicted molar refractivity (Wildman–Crippen MR) is 40.1 cm³/mol. The first kappa shape index (κ1) is 8.32. The third-order valence-corrected chi connectivity index (χ3v) is 1.29. The summed E-state index contributed by atoms with van der Waals surface area (Å²) in [5.41, 5.74) is -0.379. The number of nitro groups is 1. The van der Waals surface area contributed by atoms with Crippen molar-refractivity contribution in [3.05, 3.63) is 28.3 Å². The van der Waals surface area contributed by atoms with E-state index in [0.29, 0.717) is 0 Å². The molecule has 1 N–H and O–H groups in total. The van der Waals surface area contributed by atoms with E-state index in [1.165, 1.54) is 13.2 Å². The molecule has 0 aliphatic rings. The molecule has 1 rings (SSSR count). The van der Waals surface area contributed by atoms with Gasteiger partial charge >= 0.3 is 5.69 Å². The molecule has 0 aliphatic heterocycles. The van der Waals surface area contributed by atoms with Gasteiger partial charge in [-0.25, -0.2) is 0 Å². The zero-order valence-corrected chi connectivity index (χ0v) is 6.27. The lowest BCUT2D eigenvalue weighted by Gasteiger charge is -1.98. The normalized spacial score (nSPS) is 9.42. The fourth-order valence-electron chi connectivity index (χ4n) is 0.722. The van der Waals surface area contributed by atoms with Crippen molar-refractivity contribution in [3.8, 4) is 11.5 Å². The maximum Gasteiger partial charge on any atom is 0.311 e. The Balaban J connectivity index is 3.12. The summed E-state index contributed by atoms with van der Waals surface area (Å²) in [5, 5.41) is 19.2. The molecule has 0 saturated heterocycles. The minimum Gasteiger partial charge on any atom is -0.502 e. The van der Waals surface area contributed by atoms with Crippen LogP contribution in [0.15, 0.2) is 12.1 Å². The lowest BCUT2D eigenvalue weighted by Crippen LogP contribution is -1.89. The summed E-state index contributed by atoms with van der Waals surface area (Å²) in [4.78, 5) is 9.52. The molecule has 1 aromatic rings. The summed E-state index contributed by atoms with van der Waals surface area (Å²) in [5.74, 6) is -0.252. The number of hydrogen-bond acceptors (Lipinski definition) is 4. The standard InChI is InChI=1S/C7H6NO4/c1-12-5-2-3-6(8(10)11)7(9)4-5/h2-3,9H,1H3. The SMILES string of the molecule is COc1[c]c(O)c([N+](=O)[O-])cc1. The maximum atomic E-state index is 10.2. The first-order chi connectivity index (χ1) is 5.65. The van der Waals surface area contributed by atoms with E-state index in [4.69, 9.17) is 9.84 Å². The molecular formula is C7H6NO4. The Kier molecular flexibility index (Phi) is 2.14. The lowest BCUT2D eigenvalue weighted by atomic mass is 10.3. The van der Waals surface area contributed by atoms with Crippen molar-refractivity contribution < 1.29 is 14.8 Å². The Morgan fingerprint density at radius 1 is 1.67 bits per heavy atom. The van der Waals surface area contributed by atoms with Gasteiger partial charge in [0.2, 0.25) is 5.75 Å². The average molecular weight is 168 g/mol. The van der Waals surface area contributed by atoms with Crippen LogP contribution in [-0.2, 0) is 0 Å². The highest BCUT2D eigenvalue weighted by atomic mass is 16.6. The Hall–Kier alpha value is -1.78. The van der Waals surface area contributed by atoms with Crippen LogP contribution in [0, 0.1) is 16.2 Å². The number of nitrogens with zero attached hydrogens (tertiary/aromatic N) is 1. The zero-order chi connectivity index (χ0) is 9.14. The van der Waals surface area contributed by atoms with E-state index in [0.717, 1.165) is 6.07 Å². The second kappa shape index (κ2) is 3.08. The van der Waals surface area contributed by atoms with Gasteiger partial charge in [0.1, 0.15) is 5.75 Å². The highest BCUT2D eigenvalue weighted by Crippen LogP contribution is 2.28. The van der Waals surface area contributed by atoms with Gasteiger partial charge in [0.05, 0.1) is 18.1 Å². The Morgan fingerprint density at radius 2 is 2.33 bits per heavy atom. The molecule has 0 aliphatic carbocycles. The molecule has 63 valence electrons. The molecule has 1 aromatic carbocycles. The molecule has 0 bridgehead atoms. The molecule has 0 amide bonds. The quantitative estimate of drug-likeness (QED) is 0.530. The monoisotopic (exact) mass is 168 g/mol. The van der Waals surface area contributed by atoms with Crippen LogP contribution in [-0.4, -0.2) is 17.1 Å². The molecular weight excluding hydrogens is 162 g/mol. The molecule has 0 spiro atoms. The van der Waals surface area contributed by atoms with E-state index >= 15 is 0 Å². The number of ether oxygens (including phenoxy) is 1. The number of phenolic OH excluding ortho intramolecular Hbond substituents is 1. The number of methoxy groups -OCH3 is 1. The number of phenols is 1. The average Bonchev–Trinajstić information content (AvgIpc) is 2.03. The Bertz CT molecular complexity index is 310. The summed E-state index contributed by atoms with van der Waals surface area (Å²) in [6.07, 6.45) is 0. The first-order valence-corrected chi connectivity index (χ1v) is 3.09. The van der Waals surface area contributed by atoms with Gasteiger partial charge in [0.15, 0.2) is 0 Å². The third kappa shape index (κ3) is 1.45. The number of hydrogen-bond donors (Lipinski definition) is 1. The molecule has 0 atom stereocenters. The van der Waals surface area contributed by atoms with E-state index in [9.17, 15) is 10.1 Å². The van der Waals surface area contributed by atoms with Crippen LogP contribution >= 0.6 is 0 Å². The third-order valence-electron chi connectivity index (χ3n) is 1.29. The van der Waals surface area contributed by atoms with Crippen molar-refractivity contribution in [3.63, 3.8) is 0 Å². The van der Waals surface area contributed by atoms with Crippen LogP contribution in [0.5, 0.6) is 11.5 Å². The number of nitro benzene ring substituents is 1. The summed E-state index contributed by atoms with van der Waals surface area (Å²) >= 11 is 0. The van der Waals surface area contributed by atoms with Crippen LogP contribution in [0.3, 0.4) is 0 Å². The summed E-state index contributed by atoms with van der Waals surface area (Å²) in [6.45, 7) is 0. The minimum absolute atomic E-state index is 0.262. The van der Waals surface area contributed by atoms with E-state index in [1.807, 2.05) is 0 Å². The molecule has 12 heavy (non-hydrogen) atoms. The van der Waals surface area contributed by atoms with E-state index < -0.39 is 10.7 Å². The summed E-state index contributed by atoms with van der Waals surface area (Å²) in [6, 6.07) is 4.81. The first-order valence-electron chi connectivity index (χ1n) is 3.09. The van der Waals surface area contributed by atoms with Crippen LogP contribution in [0.25, 0.3) is 0 Å². The number of rotatable bonds is 2. The fraction of sp³-hybridized carbons (Fsp3) is 0.143. The molecule has 5 nitrogen and oxygen atoms in total. The van der Waals surface area contributed by atoms with E-state index in [-0.39, 0.29) is 11.4 Å². The topological polar surface area (TPSA) is 72.6 Å². The molecule has 1 radical (unpaired) electrons. The minimum atomic E-state index is -0.689. The second-order valence-corrected chi connectivity index (χ2v) is 2.02. The molecule has 0 fully saturated rings. The molecule has 0 heterocycles. The highest BCUT2D eigenvalue weighted by Gasteiger charge is 2.13. The highest BCUT2D eigenvalue weighted by molar-refractivity contribution is 5.48. The largest absolute Gasteiger partial charge is 0.502 e. The van der Waals surface area contributed by atoms with Gasteiger partial charge in [-0.2, -0.15) is 0 Å². The Morgan fingerprint density at radius 3 is 2.75 bits per heavy atom. The van der Waals surface area contributed by atoms with Crippen molar-refractivity contribution in [2.24, 2.45) is 0 Å². The van der Waals surface area contributed by atoms with E-state index in [2.05, 4.69) is 6.07 Å². The van der Waals surface area contributed by atoms with Crippen molar-refractivity contribution in [1.82, 2.24) is 0 Å². The van der Waals surface area contributed by atoms with Crippen molar-refractivity contribution in [1.29, 1.82) is 0 Å². The van der Waals surface area contributed by atoms with Crippen LogP contribution in [0.4, 0.5) is 5.69 Å². The second-order valence-electron chi connectivity index (χ2n) is 2.02. The smallest absolute Gasteiger partial charge is 0.311 e. The summed E-state index contributed by atoms with van der Waals surface area (Å²) < 4.78 is 4.69. The van der Waals surface area contributed by atoms with Crippen LogP contribution < -0.4 is 4.74 Å². The maximum absolute atomic E-state index is 10.2. The van der Waals surface area contributed by atoms with Crippen molar-refractivity contribution in [2.45, 2.75) is 0 Å². The molecule has 0 saturated carbocycles. The lowest BCUT2D eigenvalue weighted by molar-refractivity contribution is -0.385. The zero-order valence-electron chi connectivity index (χ0n) is 6.27. The number of benzene rings is 1. The van der Waals surface area contributed by atoms with Gasteiger partial charge in [-0.15, -0.1) is 0 Å². The van der Waals surface area contributed by atoms with Crippen molar-refractivity contribution >= 4 is 5.69 Å². The van der Waals surface area contributed by atoms with E-state index in [1.54, 1.807) is 0 Å². The van der Waals surface area contributed by atoms with Gasteiger partial charge < -0.3 is 9.84 Å². The molecule has 0 unspecified atom stereocenters. The van der Waals surface area contributed by atoms with Crippen LogP contribution in [0.1, 0.15) is 0 Å². The van der Waals surface area contributed by atoms with Gasteiger partial charge in [-0.1, -0.05) is 0 Å². The summed E-state index contributed by atoms with van der Waals surface area (Å²) in [7, 11) is 1.39. The fourth-order valence-corrected chi connectivity index (χ4v) is 0.722. The van der Waals surface area contributed by atoms with Crippen molar-refractivity contribution in [2.75, 3.05) is 7.11 Å². The van der Waals surface area contributed by atoms with Gasteiger partial charge in [-0.05, 0) is 6.07 Å². The van der Waals surface area contributed by atoms with Gasteiger partial charge in [-0.3, -0.25) is 10.1 Å². The van der Waals surface area contributed by atoms with Gasteiger partial charge in [0.25, 0.3) is 0 Å². The number of aromatic hydroxyl groups is 1.